The van der Waals surface area contributed by atoms with E-state index in [4.69, 9.17) is 0 Å². The third-order valence-corrected chi connectivity index (χ3v) is 5.47. The van der Waals surface area contributed by atoms with Gasteiger partial charge in [-0.05, 0) is 56.0 Å². The number of rotatable bonds is 2. The molecule has 3 nitrogen and oxygen atoms in total. The highest BCUT2D eigenvalue weighted by Gasteiger charge is 2.39. The van der Waals surface area contributed by atoms with Crippen molar-refractivity contribution in [3.8, 4) is 11.1 Å². The van der Waals surface area contributed by atoms with Gasteiger partial charge in [-0.25, -0.2) is 4.39 Å². The van der Waals surface area contributed by atoms with Crippen LogP contribution in [0.2, 0.25) is 0 Å². The summed E-state index contributed by atoms with van der Waals surface area (Å²) in [6.07, 6.45) is 2.99. The largest absolute Gasteiger partial charge is 0.331 e. The Morgan fingerprint density at radius 3 is 2.52 bits per heavy atom. The van der Waals surface area contributed by atoms with Gasteiger partial charge in [0, 0.05) is 18.6 Å². The molecule has 0 aliphatic carbocycles. The lowest BCUT2D eigenvalue weighted by atomic mass is 10.0. The molecule has 0 spiro atoms. The van der Waals surface area contributed by atoms with Gasteiger partial charge in [-0.15, -0.1) is 0 Å². The molecule has 1 N–H and O–H groups in total. The zero-order valence-corrected chi connectivity index (χ0v) is 14.5. The maximum atomic E-state index is 14.7. The molecule has 2 bridgehead atoms. The van der Waals surface area contributed by atoms with Crippen molar-refractivity contribution in [1.29, 1.82) is 0 Å². The summed E-state index contributed by atoms with van der Waals surface area (Å²) in [7, 11) is 0. The van der Waals surface area contributed by atoms with Crippen molar-refractivity contribution in [2.45, 2.75) is 38.3 Å². The molecule has 2 fully saturated rings. The molecule has 2 atom stereocenters. The number of amides is 1. The minimum Gasteiger partial charge on any atom is -0.331 e. The molecule has 2 aromatic rings. The van der Waals surface area contributed by atoms with E-state index in [2.05, 4.69) is 5.32 Å². The molecule has 0 aromatic heterocycles. The Balaban J connectivity index is 1.62. The second kappa shape index (κ2) is 6.60. The van der Waals surface area contributed by atoms with Gasteiger partial charge in [0.1, 0.15) is 5.82 Å². The van der Waals surface area contributed by atoms with Crippen LogP contribution >= 0.6 is 0 Å². The summed E-state index contributed by atoms with van der Waals surface area (Å²) in [6, 6.07) is 13.4. The van der Waals surface area contributed by atoms with Crippen molar-refractivity contribution in [1.82, 2.24) is 10.2 Å². The predicted molar refractivity (Wildman–Crippen MR) is 97.0 cm³/mol. The van der Waals surface area contributed by atoms with Crippen LogP contribution < -0.4 is 5.32 Å². The first kappa shape index (κ1) is 16.3. The number of halogens is 1. The lowest BCUT2D eigenvalue weighted by Gasteiger charge is -2.28. The summed E-state index contributed by atoms with van der Waals surface area (Å²) in [5, 5.41) is 3.38. The molecule has 2 aliphatic rings. The van der Waals surface area contributed by atoms with Crippen molar-refractivity contribution in [3.63, 3.8) is 0 Å². The number of aryl methyl sites for hydroxylation is 1. The highest BCUT2D eigenvalue weighted by Crippen LogP contribution is 2.31. The summed E-state index contributed by atoms with van der Waals surface area (Å²) in [6.45, 7) is 3.77. The van der Waals surface area contributed by atoms with Gasteiger partial charge in [-0.2, -0.15) is 0 Å². The van der Waals surface area contributed by atoms with Gasteiger partial charge in [0.25, 0.3) is 5.91 Å². The third kappa shape index (κ3) is 3.07. The molecule has 2 heterocycles. The third-order valence-electron chi connectivity index (χ3n) is 5.47. The van der Waals surface area contributed by atoms with Gasteiger partial charge in [-0.3, -0.25) is 4.79 Å². The number of hydrogen-bond donors (Lipinski definition) is 1. The minimum atomic E-state index is -0.431. The molecule has 1 amide bonds. The summed E-state index contributed by atoms with van der Waals surface area (Å²) in [5.41, 5.74) is 3.12. The highest BCUT2D eigenvalue weighted by molar-refractivity contribution is 5.95. The average molecular weight is 338 g/mol. The van der Waals surface area contributed by atoms with Gasteiger partial charge >= 0.3 is 0 Å². The average Bonchev–Trinajstić information content (AvgIpc) is 2.87. The number of nitrogens with one attached hydrogen (secondary N) is 1. The van der Waals surface area contributed by atoms with E-state index in [1.165, 1.54) is 11.6 Å². The topological polar surface area (TPSA) is 32.3 Å². The van der Waals surface area contributed by atoms with Crippen LogP contribution in [-0.2, 0) is 0 Å². The maximum Gasteiger partial charge on any atom is 0.257 e. The molecule has 0 radical (unpaired) electrons. The standard InChI is InChI=1S/C21H23FN2O/c1-14-2-4-15(5-3-14)16-6-9-19(20(22)12-16)21(25)24-17-7-8-18(24)13-23-11-10-17/h2-6,9,12,17-18,23H,7-8,10-11,13H2,1H3. The number of hydrogen-bond acceptors (Lipinski definition) is 2. The summed E-state index contributed by atoms with van der Waals surface area (Å²) in [4.78, 5) is 14.9. The lowest BCUT2D eigenvalue weighted by Crippen LogP contribution is -2.42. The van der Waals surface area contributed by atoms with Crippen LogP contribution in [0, 0.1) is 12.7 Å². The van der Waals surface area contributed by atoms with E-state index in [-0.39, 0.29) is 23.6 Å². The van der Waals surface area contributed by atoms with Gasteiger partial charge in [0.05, 0.1) is 5.56 Å². The minimum absolute atomic E-state index is 0.163. The molecule has 2 unspecified atom stereocenters. The number of benzene rings is 2. The number of carbonyl (C=O) groups is 1. The van der Waals surface area contributed by atoms with E-state index in [9.17, 15) is 9.18 Å². The first-order valence-corrected chi connectivity index (χ1v) is 9.03. The Morgan fingerprint density at radius 1 is 1.04 bits per heavy atom. The van der Waals surface area contributed by atoms with E-state index in [1.54, 1.807) is 6.07 Å². The fourth-order valence-corrected chi connectivity index (χ4v) is 4.07. The Hall–Kier alpha value is -2.20. The van der Waals surface area contributed by atoms with Gasteiger partial charge in [0.15, 0.2) is 0 Å². The second-order valence-corrected chi connectivity index (χ2v) is 7.15. The van der Waals surface area contributed by atoms with Crippen molar-refractivity contribution >= 4 is 5.91 Å². The van der Waals surface area contributed by atoms with Crippen molar-refractivity contribution in [2.75, 3.05) is 13.1 Å². The van der Waals surface area contributed by atoms with Crippen LogP contribution in [0.1, 0.15) is 35.2 Å². The van der Waals surface area contributed by atoms with E-state index < -0.39 is 5.82 Å². The Kier molecular flexibility index (Phi) is 4.30. The second-order valence-electron chi connectivity index (χ2n) is 7.15. The fourth-order valence-electron chi connectivity index (χ4n) is 4.07. The molecule has 2 aromatic carbocycles. The first-order chi connectivity index (χ1) is 12.1. The van der Waals surface area contributed by atoms with Crippen LogP contribution in [0.15, 0.2) is 42.5 Å². The smallest absolute Gasteiger partial charge is 0.257 e. The van der Waals surface area contributed by atoms with E-state index in [1.807, 2.05) is 42.2 Å². The summed E-state index contributed by atoms with van der Waals surface area (Å²) < 4.78 is 14.7. The normalized spacial score (nSPS) is 22.7. The molecule has 2 saturated heterocycles. The molecule has 4 rings (SSSR count). The lowest BCUT2D eigenvalue weighted by molar-refractivity contribution is 0.0675. The van der Waals surface area contributed by atoms with E-state index in [0.29, 0.717) is 0 Å². The predicted octanol–water partition coefficient (Wildman–Crippen LogP) is 3.77. The van der Waals surface area contributed by atoms with E-state index in [0.717, 1.165) is 43.5 Å². The zero-order chi connectivity index (χ0) is 17.4. The molecule has 130 valence electrons. The van der Waals surface area contributed by atoms with Crippen LogP contribution in [-0.4, -0.2) is 36.0 Å². The van der Waals surface area contributed by atoms with E-state index >= 15 is 0 Å². The highest BCUT2D eigenvalue weighted by atomic mass is 19.1. The Labute approximate surface area is 147 Å². The molecule has 25 heavy (non-hydrogen) atoms. The number of carbonyl (C=O) groups excluding carboxylic acids is 1. The quantitative estimate of drug-likeness (QED) is 0.904. The number of nitrogens with zero attached hydrogens (tertiary/aromatic N) is 1. The monoisotopic (exact) mass is 338 g/mol. The van der Waals surface area contributed by atoms with Crippen molar-refractivity contribution in [2.24, 2.45) is 0 Å². The van der Waals surface area contributed by atoms with Crippen molar-refractivity contribution in [3.05, 3.63) is 59.4 Å². The van der Waals surface area contributed by atoms with Gasteiger partial charge < -0.3 is 10.2 Å². The van der Waals surface area contributed by atoms with Gasteiger partial charge in [-0.1, -0.05) is 35.9 Å². The summed E-state index contributed by atoms with van der Waals surface area (Å²) >= 11 is 0. The molecule has 2 aliphatic heterocycles. The van der Waals surface area contributed by atoms with Gasteiger partial charge in [0.2, 0.25) is 0 Å². The first-order valence-electron chi connectivity index (χ1n) is 9.03. The summed E-state index contributed by atoms with van der Waals surface area (Å²) in [5.74, 6) is -0.594. The molecule has 4 heteroatoms. The number of fused-ring (bicyclic) bond motifs is 2. The van der Waals surface area contributed by atoms with Crippen molar-refractivity contribution < 1.29 is 9.18 Å². The fraction of sp³-hybridized carbons (Fsp3) is 0.381. The molecular formula is C21H23FN2O. The van der Waals surface area contributed by atoms with Crippen LogP contribution in [0.5, 0.6) is 0 Å². The Bertz CT molecular complexity index is 773. The van der Waals surface area contributed by atoms with Crippen LogP contribution in [0.3, 0.4) is 0 Å². The molecular weight excluding hydrogens is 315 g/mol. The maximum absolute atomic E-state index is 14.7. The Morgan fingerprint density at radius 2 is 1.76 bits per heavy atom. The molecule has 0 saturated carbocycles. The van der Waals surface area contributed by atoms with Crippen LogP contribution in [0.4, 0.5) is 4.39 Å². The SMILES string of the molecule is Cc1ccc(-c2ccc(C(=O)N3C4CCNCC3CC4)c(F)c2)cc1. The zero-order valence-electron chi connectivity index (χ0n) is 14.5. The van der Waals surface area contributed by atoms with Crippen LogP contribution in [0.25, 0.3) is 11.1 Å².